The van der Waals surface area contributed by atoms with Crippen LogP contribution in [0.1, 0.15) is 90.3 Å². The van der Waals surface area contributed by atoms with Gasteiger partial charge in [-0.3, -0.25) is 24.0 Å². The van der Waals surface area contributed by atoms with Crippen LogP contribution in [0.2, 0.25) is 0 Å². The highest BCUT2D eigenvalue weighted by molar-refractivity contribution is 7.17. The van der Waals surface area contributed by atoms with Gasteiger partial charge in [0.1, 0.15) is 29.3 Å². The number of hydrogen-bond donors (Lipinski definition) is 5. The Balaban J connectivity index is 0.747. The van der Waals surface area contributed by atoms with Gasteiger partial charge >= 0.3 is 5.97 Å². The molecule has 3 aliphatic rings. The SMILES string of the molecule is CCN(C(=O)Cn1c(C(=O)N[C@H]2CC[C@H](C(=O)NCCCCCCNC(=O)Cc3ccc(-c4c5ccc(=O)cc-5oc5cc(O)ccc45)c(C(=O)O)c3)CC2)cc2sccc21)c1cccc(C)c1. The molecule has 0 atom stereocenters. The van der Waals surface area contributed by atoms with E-state index in [2.05, 4.69) is 16.0 Å². The second-order valence-electron chi connectivity index (χ2n) is 17.5. The number of carboxylic acids is 1. The number of carbonyl (C=O) groups is 5. The van der Waals surface area contributed by atoms with E-state index in [0.717, 1.165) is 47.2 Å². The maximum absolute atomic E-state index is 13.7. The molecule has 1 fully saturated rings. The normalized spacial score (nSPS) is 14.8. The average molecular weight is 938 g/mol. The minimum absolute atomic E-state index is 0.0115. The van der Waals surface area contributed by atoms with E-state index in [1.807, 2.05) is 60.2 Å². The molecular weight excluding hydrogens is 883 g/mol. The zero-order valence-corrected chi connectivity index (χ0v) is 39.0. The molecule has 8 rings (SSSR count). The van der Waals surface area contributed by atoms with Gasteiger partial charge in [-0.05, 0) is 129 Å². The number of carbonyl (C=O) groups excluding carboxylic acids is 4. The summed E-state index contributed by atoms with van der Waals surface area (Å²) >= 11 is 1.53. The first kappa shape index (κ1) is 47.2. The highest BCUT2D eigenvalue weighted by Crippen LogP contribution is 2.42. The van der Waals surface area contributed by atoms with Gasteiger partial charge in [0.05, 0.1) is 22.2 Å². The number of phenols is 1. The Bertz CT molecular complexity index is 3030. The van der Waals surface area contributed by atoms with E-state index in [9.17, 15) is 39.0 Å². The number of aromatic carboxylic acids is 1. The van der Waals surface area contributed by atoms with Crippen LogP contribution in [0.3, 0.4) is 0 Å². The van der Waals surface area contributed by atoms with Crippen LogP contribution in [0.15, 0.2) is 106 Å². The first-order chi connectivity index (χ1) is 32.9. The zero-order valence-electron chi connectivity index (χ0n) is 38.1. The molecule has 3 heterocycles. The molecule has 0 saturated heterocycles. The van der Waals surface area contributed by atoms with Crippen molar-refractivity contribution in [1.82, 2.24) is 20.5 Å². The van der Waals surface area contributed by atoms with Gasteiger partial charge in [-0.15, -0.1) is 11.3 Å². The number of anilines is 1. The van der Waals surface area contributed by atoms with Crippen molar-refractivity contribution in [2.24, 2.45) is 5.92 Å². The number of benzene rings is 4. The highest BCUT2D eigenvalue weighted by Gasteiger charge is 2.29. The molecule has 14 nitrogen and oxygen atoms in total. The van der Waals surface area contributed by atoms with Gasteiger partial charge in [0.15, 0.2) is 5.43 Å². The van der Waals surface area contributed by atoms with Crippen molar-refractivity contribution in [3.63, 3.8) is 0 Å². The van der Waals surface area contributed by atoms with Gasteiger partial charge in [0.25, 0.3) is 5.91 Å². The summed E-state index contributed by atoms with van der Waals surface area (Å²) in [7, 11) is 0. The van der Waals surface area contributed by atoms with E-state index in [0.29, 0.717) is 78.7 Å². The van der Waals surface area contributed by atoms with Gasteiger partial charge in [-0.2, -0.15) is 0 Å². The first-order valence-corrected chi connectivity index (χ1v) is 24.1. The molecule has 3 aromatic carbocycles. The predicted molar refractivity (Wildman–Crippen MR) is 264 cm³/mol. The van der Waals surface area contributed by atoms with Crippen molar-refractivity contribution in [3.8, 4) is 28.2 Å². The maximum Gasteiger partial charge on any atom is 0.336 e. The minimum Gasteiger partial charge on any atom is -0.508 e. The number of aromatic hydroxyl groups is 1. The molecule has 5 aromatic rings. The van der Waals surface area contributed by atoms with Crippen LogP contribution in [0, 0.1) is 12.8 Å². The van der Waals surface area contributed by atoms with Crippen molar-refractivity contribution < 1.29 is 38.6 Å². The van der Waals surface area contributed by atoms with Gasteiger partial charge in [0.2, 0.25) is 17.7 Å². The van der Waals surface area contributed by atoms with Crippen LogP contribution in [-0.2, 0) is 27.3 Å². The average Bonchev–Trinajstić information content (AvgIpc) is 3.92. The second kappa shape index (κ2) is 21.1. The Hall–Kier alpha value is -7.26. The van der Waals surface area contributed by atoms with Crippen molar-refractivity contribution in [2.75, 3.05) is 24.5 Å². The van der Waals surface area contributed by atoms with Crippen molar-refractivity contribution in [1.29, 1.82) is 0 Å². The summed E-state index contributed by atoms with van der Waals surface area (Å²) in [5, 5.41) is 32.1. The number of nitrogens with zero attached hydrogens (tertiary/aromatic N) is 2. The molecule has 0 bridgehead atoms. The zero-order chi connectivity index (χ0) is 47.9. The van der Waals surface area contributed by atoms with E-state index in [1.165, 1.54) is 41.7 Å². The Labute approximate surface area is 397 Å². The number of likely N-dealkylation sites (N-methyl/N-ethyl adjacent to an activating group) is 1. The number of thiophene rings is 1. The van der Waals surface area contributed by atoms with Crippen LogP contribution in [-0.4, -0.2) is 70.1 Å². The molecule has 352 valence electrons. The Morgan fingerprint density at radius 1 is 0.838 bits per heavy atom. The largest absolute Gasteiger partial charge is 0.508 e. The molecule has 2 aromatic heterocycles. The number of phenolic OH excluding ortho intramolecular Hbond substituents is 1. The Kier molecular flexibility index (Phi) is 14.7. The van der Waals surface area contributed by atoms with Crippen molar-refractivity contribution in [3.05, 3.63) is 129 Å². The molecule has 0 radical (unpaired) electrons. The summed E-state index contributed by atoms with van der Waals surface area (Å²) in [4.78, 5) is 79.8. The molecular formula is C53H55N5O9S. The number of amides is 4. The molecule has 4 amide bonds. The number of carboxylic acid groups (broad SMARTS) is 1. The number of hydrogen-bond acceptors (Lipinski definition) is 9. The Morgan fingerprint density at radius 3 is 2.35 bits per heavy atom. The van der Waals surface area contributed by atoms with E-state index in [4.69, 9.17) is 4.42 Å². The fraction of sp³-hybridized carbons (Fsp3) is 0.321. The lowest BCUT2D eigenvalue weighted by atomic mass is 9.85. The smallest absolute Gasteiger partial charge is 0.336 e. The molecule has 0 unspecified atom stereocenters. The van der Waals surface area contributed by atoms with Gasteiger partial charge in [-0.25, -0.2) is 4.79 Å². The third-order valence-corrected chi connectivity index (χ3v) is 13.6. The number of aromatic nitrogens is 1. The van der Waals surface area contributed by atoms with Gasteiger partial charge in [0, 0.05) is 65.9 Å². The van der Waals surface area contributed by atoms with Crippen LogP contribution in [0.25, 0.3) is 43.6 Å². The lowest BCUT2D eigenvalue weighted by molar-refractivity contribution is -0.126. The summed E-state index contributed by atoms with van der Waals surface area (Å²) in [6.45, 7) is 5.50. The quantitative estimate of drug-likeness (QED) is 0.0413. The standard InChI is InChI=1S/C53H55N5O9S/c1-3-57(36-10-8-9-32(2)25-36)49(62)31-58-43-21-24-68-47(43)30-44(58)52(64)56-35-14-12-34(13-15-35)51(63)55-23-7-5-4-6-22-54-48(61)27-33-11-18-39(42(26-33)53(65)66)50-40-19-16-37(59)28-45(40)67-46-29-38(60)17-20-41(46)50/h8-11,16-21,24-26,28-30,34-35,59H,3-7,12-15,22-23,27,31H2,1-2H3,(H,54,61)(H,55,63)(H,56,64)(H,65,66)/t34-,35-. The molecule has 68 heavy (non-hydrogen) atoms. The highest BCUT2D eigenvalue weighted by atomic mass is 32.1. The fourth-order valence-corrected chi connectivity index (χ4v) is 10.1. The number of aryl methyl sites for hydroxylation is 1. The lowest BCUT2D eigenvalue weighted by Crippen LogP contribution is -2.42. The van der Waals surface area contributed by atoms with Crippen molar-refractivity contribution >= 4 is 67.8 Å². The predicted octanol–water partition coefficient (Wildman–Crippen LogP) is 8.67. The number of nitrogens with one attached hydrogen (secondary N) is 3. The Morgan fingerprint density at radius 2 is 1.60 bits per heavy atom. The van der Waals surface area contributed by atoms with E-state index >= 15 is 0 Å². The third kappa shape index (κ3) is 10.8. The third-order valence-electron chi connectivity index (χ3n) is 12.8. The van der Waals surface area contributed by atoms with Gasteiger partial charge in [-0.1, -0.05) is 37.1 Å². The van der Waals surface area contributed by atoms with Crippen LogP contribution in [0.5, 0.6) is 5.75 Å². The molecule has 5 N–H and O–H groups in total. The van der Waals surface area contributed by atoms with Crippen LogP contribution >= 0.6 is 11.3 Å². The molecule has 1 aliphatic heterocycles. The maximum atomic E-state index is 13.7. The molecule has 0 spiro atoms. The second-order valence-corrected chi connectivity index (χ2v) is 18.5. The van der Waals surface area contributed by atoms with Gasteiger partial charge < -0.3 is 40.0 Å². The summed E-state index contributed by atoms with van der Waals surface area (Å²) < 4.78 is 8.67. The number of unbranched alkanes of at least 4 members (excludes halogenated alkanes) is 3. The first-order valence-electron chi connectivity index (χ1n) is 23.2. The van der Waals surface area contributed by atoms with E-state index in [1.54, 1.807) is 29.2 Å². The van der Waals surface area contributed by atoms with E-state index in [-0.39, 0.29) is 76.6 Å². The summed E-state index contributed by atoms with van der Waals surface area (Å²) in [6, 6.07) is 25.3. The summed E-state index contributed by atoms with van der Waals surface area (Å²) in [5.74, 6) is -1.61. The fourth-order valence-electron chi connectivity index (χ4n) is 9.30. The lowest BCUT2D eigenvalue weighted by Gasteiger charge is -2.28. The molecule has 1 saturated carbocycles. The topological polar surface area (TPSA) is 200 Å². The van der Waals surface area contributed by atoms with Crippen LogP contribution < -0.4 is 26.3 Å². The minimum atomic E-state index is -1.18. The van der Waals surface area contributed by atoms with E-state index < -0.39 is 5.97 Å². The van der Waals surface area contributed by atoms with Crippen molar-refractivity contribution in [2.45, 2.75) is 84.2 Å². The molecule has 15 heteroatoms. The summed E-state index contributed by atoms with van der Waals surface area (Å²) in [6.07, 6.45) is 5.97. The summed E-state index contributed by atoms with van der Waals surface area (Å²) in [5.41, 5.74) is 5.18. The monoisotopic (exact) mass is 937 g/mol. The molecule has 2 aliphatic carbocycles. The number of fused-ring (bicyclic) bond motifs is 3. The number of rotatable bonds is 18. The van der Waals surface area contributed by atoms with Crippen LogP contribution in [0.4, 0.5) is 5.69 Å².